The maximum atomic E-state index is 12.9. The summed E-state index contributed by atoms with van der Waals surface area (Å²) in [4.78, 5) is 38.1. The third-order valence-corrected chi connectivity index (χ3v) is 5.59. The Morgan fingerprint density at radius 3 is 3.08 bits per heavy atom. The number of hydrogen-bond donors (Lipinski definition) is 2. The summed E-state index contributed by atoms with van der Waals surface area (Å²) < 4.78 is 4.97. The van der Waals surface area contributed by atoms with Crippen LogP contribution in [-0.4, -0.2) is 42.9 Å². The van der Waals surface area contributed by atoms with Crippen LogP contribution in [-0.2, 0) is 24.7 Å². The second-order valence-electron chi connectivity index (χ2n) is 6.57. The lowest BCUT2D eigenvalue weighted by molar-refractivity contribution is -0.146. The molecule has 0 aromatic heterocycles. The first kappa shape index (κ1) is 15.1. The molecular formula is C17H19N3O4. The van der Waals surface area contributed by atoms with Crippen LogP contribution in [0.4, 0.5) is 11.4 Å². The van der Waals surface area contributed by atoms with Crippen molar-refractivity contribution in [1.29, 1.82) is 0 Å². The van der Waals surface area contributed by atoms with Crippen LogP contribution >= 0.6 is 0 Å². The van der Waals surface area contributed by atoms with Crippen LogP contribution in [0.1, 0.15) is 24.8 Å². The van der Waals surface area contributed by atoms with Gasteiger partial charge in [-0.1, -0.05) is 0 Å². The van der Waals surface area contributed by atoms with Crippen LogP contribution in [0.15, 0.2) is 18.2 Å². The van der Waals surface area contributed by atoms with Crippen molar-refractivity contribution in [3.63, 3.8) is 0 Å². The van der Waals surface area contributed by atoms with Gasteiger partial charge in [-0.15, -0.1) is 0 Å². The molecule has 3 heterocycles. The maximum Gasteiger partial charge on any atom is 0.310 e. The molecule has 3 atom stereocenters. The number of nitrogens with zero attached hydrogens (tertiary/aromatic N) is 1. The number of methoxy groups -OCH3 is 1. The Hall–Kier alpha value is -2.41. The molecule has 1 aromatic rings. The molecule has 3 aliphatic rings. The lowest BCUT2D eigenvalue weighted by Gasteiger charge is -2.32. The van der Waals surface area contributed by atoms with E-state index in [2.05, 4.69) is 15.5 Å². The highest BCUT2D eigenvalue weighted by molar-refractivity contribution is 6.07. The molecule has 1 spiro atoms. The predicted octanol–water partition coefficient (Wildman–Crippen LogP) is 1.06. The number of nitrogens with one attached hydrogen (secondary N) is 2. The third kappa shape index (κ3) is 1.84. The van der Waals surface area contributed by atoms with Gasteiger partial charge in [0.05, 0.1) is 13.0 Å². The van der Waals surface area contributed by atoms with E-state index in [9.17, 15) is 14.4 Å². The van der Waals surface area contributed by atoms with E-state index in [1.807, 2.05) is 6.07 Å². The number of hydrogen-bond acceptors (Lipinski definition) is 5. The van der Waals surface area contributed by atoms with Gasteiger partial charge in [0.25, 0.3) is 0 Å². The molecule has 2 fully saturated rings. The Kier molecular flexibility index (Phi) is 3.35. The monoisotopic (exact) mass is 329 g/mol. The number of ether oxygens (including phenoxy) is 1. The zero-order chi connectivity index (χ0) is 16.9. The topological polar surface area (TPSA) is 87.7 Å². The van der Waals surface area contributed by atoms with Gasteiger partial charge in [0.2, 0.25) is 12.3 Å². The van der Waals surface area contributed by atoms with Crippen molar-refractivity contribution in [2.24, 2.45) is 5.92 Å². The fourth-order valence-electron chi connectivity index (χ4n) is 4.64. The molecule has 7 heteroatoms. The molecule has 0 aliphatic carbocycles. The molecule has 126 valence electrons. The lowest BCUT2D eigenvalue weighted by Crippen LogP contribution is -2.47. The highest BCUT2D eigenvalue weighted by Gasteiger charge is 2.63. The van der Waals surface area contributed by atoms with Crippen molar-refractivity contribution in [3.05, 3.63) is 23.8 Å². The van der Waals surface area contributed by atoms with Gasteiger partial charge in [-0.05, 0) is 44.0 Å². The van der Waals surface area contributed by atoms with Crippen LogP contribution in [0.25, 0.3) is 0 Å². The first-order valence-electron chi connectivity index (χ1n) is 8.12. The van der Waals surface area contributed by atoms with Crippen molar-refractivity contribution >= 4 is 29.7 Å². The maximum absolute atomic E-state index is 12.9. The average molecular weight is 329 g/mol. The summed E-state index contributed by atoms with van der Waals surface area (Å²) in [5.74, 6) is -0.664. The number of carbonyl (C=O) groups excluding carboxylic acids is 3. The number of benzene rings is 1. The normalized spacial score (nSPS) is 30.8. The first-order valence-corrected chi connectivity index (χ1v) is 8.12. The largest absolute Gasteiger partial charge is 0.469 e. The number of fused-ring (bicyclic) bond motifs is 4. The van der Waals surface area contributed by atoms with E-state index in [0.717, 1.165) is 30.6 Å². The summed E-state index contributed by atoms with van der Waals surface area (Å²) in [7, 11) is 1.39. The summed E-state index contributed by atoms with van der Waals surface area (Å²) in [6.45, 7) is 0.774. The highest BCUT2D eigenvalue weighted by atomic mass is 16.5. The van der Waals surface area contributed by atoms with E-state index in [1.165, 1.54) is 7.11 Å². The summed E-state index contributed by atoms with van der Waals surface area (Å²) in [5.41, 5.74) is 1.36. The van der Waals surface area contributed by atoms with Crippen LogP contribution in [0.5, 0.6) is 0 Å². The molecule has 0 bridgehead atoms. The molecule has 2 N–H and O–H groups in total. The van der Waals surface area contributed by atoms with Gasteiger partial charge < -0.3 is 15.4 Å². The minimum absolute atomic E-state index is 0.0248. The number of carbonyl (C=O) groups is 3. The quantitative estimate of drug-likeness (QED) is 0.639. The van der Waals surface area contributed by atoms with Gasteiger partial charge in [-0.3, -0.25) is 19.3 Å². The number of rotatable bonds is 3. The number of amides is 2. The molecule has 7 nitrogen and oxygen atoms in total. The second-order valence-corrected chi connectivity index (χ2v) is 6.57. The van der Waals surface area contributed by atoms with Crippen LogP contribution in [0.3, 0.4) is 0 Å². The minimum atomic E-state index is -0.851. The Balaban J connectivity index is 1.83. The average Bonchev–Trinajstić information content (AvgIpc) is 3.23. The molecule has 2 saturated heterocycles. The van der Waals surface area contributed by atoms with Crippen LogP contribution in [0, 0.1) is 5.92 Å². The molecule has 0 saturated carbocycles. The smallest absolute Gasteiger partial charge is 0.310 e. The first-order chi connectivity index (χ1) is 11.6. The number of esters is 1. The highest BCUT2D eigenvalue weighted by Crippen LogP contribution is 2.54. The zero-order valence-corrected chi connectivity index (χ0v) is 13.4. The van der Waals surface area contributed by atoms with Crippen molar-refractivity contribution in [3.8, 4) is 0 Å². The Labute approximate surface area is 139 Å². The van der Waals surface area contributed by atoms with Crippen molar-refractivity contribution in [2.45, 2.75) is 30.8 Å². The van der Waals surface area contributed by atoms with Crippen LogP contribution in [0.2, 0.25) is 0 Å². The summed E-state index contributed by atoms with van der Waals surface area (Å²) in [6, 6.07) is 5.40. The summed E-state index contributed by atoms with van der Waals surface area (Å²) in [5, 5.41) is 5.57. The van der Waals surface area contributed by atoms with Gasteiger partial charge in [-0.25, -0.2) is 0 Å². The van der Waals surface area contributed by atoms with E-state index in [0.29, 0.717) is 18.5 Å². The molecule has 4 rings (SSSR count). The van der Waals surface area contributed by atoms with E-state index in [-0.39, 0.29) is 23.8 Å². The summed E-state index contributed by atoms with van der Waals surface area (Å²) in [6.07, 6.45) is 2.86. The fourth-order valence-corrected chi connectivity index (χ4v) is 4.64. The summed E-state index contributed by atoms with van der Waals surface area (Å²) >= 11 is 0. The van der Waals surface area contributed by atoms with Crippen LogP contribution < -0.4 is 10.6 Å². The second kappa shape index (κ2) is 5.31. The number of anilines is 2. The SMILES string of the molecule is COC(=O)C1CC2(C(=O)Nc3ccc(NC=O)cc32)N2CCCC12. The van der Waals surface area contributed by atoms with E-state index >= 15 is 0 Å². The van der Waals surface area contributed by atoms with Crippen molar-refractivity contribution < 1.29 is 19.1 Å². The molecule has 24 heavy (non-hydrogen) atoms. The zero-order valence-electron chi connectivity index (χ0n) is 13.4. The Morgan fingerprint density at radius 1 is 1.50 bits per heavy atom. The molecule has 0 radical (unpaired) electrons. The third-order valence-electron chi connectivity index (χ3n) is 5.59. The predicted molar refractivity (Wildman–Crippen MR) is 86.3 cm³/mol. The van der Waals surface area contributed by atoms with Gasteiger partial charge in [-0.2, -0.15) is 0 Å². The standard InChI is InChI=1S/C17H19N3O4/c1-24-15(22)11-8-17(20-6-2-3-14(11)20)12-7-10(18-9-21)4-5-13(12)19-16(17)23/h4-5,7,9,11,14H,2-3,6,8H2,1H3,(H,18,21)(H,19,23). The fraction of sp³-hybridized carbons (Fsp3) is 0.471. The van der Waals surface area contributed by atoms with Gasteiger partial charge in [0.15, 0.2) is 0 Å². The van der Waals surface area contributed by atoms with Gasteiger partial charge >= 0.3 is 5.97 Å². The van der Waals surface area contributed by atoms with Crippen molar-refractivity contribution in [2.75, 3.05) is 24.3 Å². The van der Waals surface area contributed by atoms with E-state index in [4.69, 9.17) is 4.74 Å². The van der Waals surface area contributed by atoms with Gasteiger partial charge in [0, 0.05) is 23.0 Å². The molecule has 1 aromatic carbocycles. The lowest BCUT2D eigenvalue weighted by atomic mass is 9.84. The Bertz CT molecular complexity index is 735. The molecule has 3 aliphatic heterocycles. The molecule has 3 unspecified atom stereocenters. The molecule has 2 amide bonds. The van der Waals surface area contributed by atoms with E-state index < -0.39 is 5.54 Å². The van der Waals surface area contributed by atoms with Gasteiger partial charge in [0.1, 0.15) is 5.54 Å². The van der Waals surface area contributed by atoms with Crippen molar-refractivity contribution in [1.82, 2.24) is 4.90 Å². The minimum Gasteiger partial charge on any atom is -0.469 e. The Morgan fingerprint density at radius 2 is 2.33 bits per heavy atom. The van der Waals surface area contributed by atoms with E-state index in [1.54, 1.807) is 12.1 Å². The molecular weight excluding hydrogens is 310 g/mol.